The molecule has 1 saturated heterocycles. The van der Waals surface area contributed by atoms with Crippen molar-refractivity contribution in [1.82, 2.24) is 19.8 Å². The summed E-state index contributed by atoms with van der Waals surface area (Å²) in [6, 6.07) is 5.10. The van der Waals surface area contributed by atoms with E-state index in [4.69, 9.17) is 4.74 Å². The number of carbonyl (C=O) groups is 2. The lowest BCUT2D eigenvalue weighted by Crippen LogP contribution is -2.43. The molecule has 2 aromatic rings. The first-order valence-corrected chi connectivity index (χ1v) is 10.1. The van der Waals surface area contributed by atoms with Gasteiger partial charge in [-0.25, -0.2) is 19.2 Å². The maximum absolute atomic E-state index is 13.3. The lowest BCUT2D eigenvalue weighted by atomic mass is 10.1. The number of benzene rings is 1. The van der Waals surface area contributed by atoms with Crippen molar-refractivity contribution in [3.63, 3.8) is 0 Å². The Morgan fingerprint density at radius 3 is 2.43 bits per heavy atom. The number of carbonyl (C=O) groups excluding carboxylic acids is 2. The van der Waals surface area contributed by atoms with E-state index in [1.807, 2.05) is 0 Å². The second-order valence-corrected chi connectivity index (χ2v) is 8.65. The number of hydrogen-bond acceptors (Lipinski definition) is 5. The third kappa shape index (κ3) is 3.99. The summed E-state index contributed by atoms with van der Waals surface area (Å²) >= 11 is 0. The fraction of sp³-hybridized carbons (Fsp3) is 0.455. The smallest absolute Gasteiger partial charge is 0.411 e. The molecule has 3 heterocycles. The van der Waals surface area contributed by atoms with Gasteiger partial charge >= 0.3 is 6.09 Å². The van der Waals surface area contributed by atoms with Crippen molar-refractivity contribution < 1.29 is 18.7 Å². The fourth-order valence-electron chi connectivity index (χ4n) is 3.81. The van der Waals surface area contributed by atoms with Gasteiger partial charge < -0.3 is 9.64 Å². The van der Waals surface area contributed by atoms with Gasteiger partial charge in [0.05, 0.1) is 12.2 Å². The lowest BCUT2D eigenvalue weighted by molar-refractivity contribution is -0.135. The number of hydrogen-bond donors (Lipinski definition) is 0. The molecule has 1 fully saturated rings. The van der Waals surface area contributed by atoms with Crippen LogP contribution >= 0.6 is 0 Å². The van der Waals surface area contributed by atoms with Crippen LogP contribution in [0.2, 0.25) is 0 Å². The summed E-state index contributed by atoms with van der Waals surface area (Å²) in [7, 11) is 0. The Hall–Kier alpha value is -3.03. The van der Waals surface area contributed by atoms with Crippen LogP contribution in [0.1, 0.15) is 50.9 Å². The summed E-state index contributed by atoms with van der Waals surface area (Å²) in [6.07, 6.45) is 2.96. The van der Waals surface area contributed by atoms with Crippen LogP contribution in [0, 0.1) is 5.82 Å². The van der Waals surface area contributed by atoms with Gasteiger partial charge in [0.15, 0.2) is 5.82 Å². The van der Waals surface area contributed by atoms with Crippen molar-refractivity contribution in [2.45, 2.75) is 51.8 Å². The highest BCUT2D eigenvalue weighted by molar-refractivity contribution is 5.88. The third-order valence-electron chi connectivity index (χ3n) is 5.21. The normalized spacial score (nSPS) is 18.5. The number of amides is 2. The molecule has 2 aliphatic heterocycles. The van der Waals surface area contributed by atoms with Gasteiger partial charge in [-0.05, 0) is 57.9 Å². The fourth-order valence-corrected chi connectivity index (χ4v) is 3.81. The predicted octanol–water partition coefficient (Wildman–Crippen LogP) is 3.70. The molecule has 0 radical (unpaired) electrons. The van der Waals surface area contributed by atoms with Crippen LogP contribution in [-0.4, -0.2) is 50.5 Å². The van der Waals surface area contributed by atoms with Gasteiger partial charge in [-0.1, -0.05) is 0 Å². The predicted molar refractivity (Wildman–Crippen MR) is 108 cm³/mol. The number of aromatic nitrogens is 2. The van der Waals surface area contributed by atoms with Crippen molar-refractivity contribution in [2.75, 3.05) is 13.1 Å². The molecule has 4 rings (SSSR count). The van der Waals surface area contributed by atoms with Crippen LogP contribution in [0.3, 0.4) is 0 Å². The first kappa shape index (κ1) is 20.3. The lowest BCUT2D eigenvalue weighted by Gasteiger charge is -2.30. The molecule has 1 atom stereocenters. The van der Waals surface area contributed by atoms with Crippen molar-refractivity contribution in [1.29, 1.82) is 0 Å². The van der Waals surface area contributed by atoms with E-state index in [1.165, 1.54) is 17.0 Å². The molecule has 0 aliphatic carbocycles. The van der Waals surface area contributed by atoms with Gasteiger partial charge in [0, 0.05) is 30.4 Å². The van der Waals surface area contributed by atoms with Gasteiger partial charge in [0.1, 0.15) is 17.5 Å². The van der Waals surface area contributed by atoms with E-state index in [2.05, 4.69) is 9.97 Å². The highest BCUT2D eigenvalue weighted by Crippen LogP contribution is 2.36. The molecular weight excluding hydrogens is 387 g/mol. The first-order chi connectivity index (χ1) is 14.2. The van der Waals surface area contributed by atoms with Crippen molar-refractivity contribution in [3.05, 3.63) is 47.5 Å². The van der Waals surface area contributed by atoms with Crippen molar-refractivity contribution in [3.8, 4) is 11.4 Å². The molecule has 8 heteroatoms. The molecule has 1 unspecified atom stereocenters. The molecule has 0 saturated carbocycles. The Labute approximate surface area is 174 Å². The van der Waals surface area contributed by atoms with Crippen LogP contribution in [0.5, 0.6) is 0 Å². The minimum Gasteiger partial charge on any atom is -0.444 e. The molecule has 0 bridgehead atoms. The Morgan fingerprint density at radius 1 is 1.13 bits per heavy atom. The summed E-state index contributed by atoms with van der Waals surface area (Å²) in [6.45, 7) is 6.89. The second kappa shape index (κ2) is 7.66. The number of fused-ring (bicyclic) bond motifs is 1. The zero-order chi connectivity index (χ0) is 21.5. The van der Waals surface area contributed by atoms with Gasteiger partial charge in [0.2, 0.25) is 5.91 Å². The molecule has 2 aliphatic rings. The Morgan fingerprint density at radius 2 is 1.80 bits per heavy atom. The van der Waals surface area contributed by atoms with Crippen molar-refractivity contribution in [2.24, 2.45) is 0 Å². The maximum atomic E-state index is 13.3. The average Bonchev–Trinajstić information content (AvgIpc) is 3.34. The minimum absolute atomic E-state index is 0.129. The standard InChI is InChI=1S/C22H25FN4O3/c1-22(2,3)30-21(29)27-13-17-16(18(27)20(28)26-10-4-5-11-26)12-24-19(25-17)14-6-8-15(23)9-7-14/h6-9,12,18H,4-5,10-11,13H2,1-3H3. The molecule has 30 heavy (non-hydrogen) atoms. The number of likely N-dealkylation sites (tertiary alicyclic amines) is 1. The number of halogens is 1. The molecule has 1 aromatic heterocycles. The van der Waals surface area contributed by atoms with E-state index in [1.54, 1.807) is 44.0 Å². The van der Waals surface area contributed by atoms with E-state index in [0.29, 0.717) is 35.7 Å². The Bertz CT molecular complexity index is 965. The minimum atomic E-state index is -0.796. The van der Waals surface area contributed by atoms with Crippen LogP contribution < -0.4 is 0 Å². The Kier molecular flexibility index (Phi) is 5.17. The second-order valence-electron chi connectivity index (χ2n) is 8.65. The quantitative estimate of drug-likeness (QED) is 0.752. The van der Waals surface area contributed by atoms with Crippen LogP contribution in [0.15, 0.2) is 30.5 Å². The summed E-state index contributed by atoms with van der Waals surface area (Å²) in [4.78, 5) is 38.4. The highest BCUT2D eigenvalue weighted by atomic mass is 19.1. The molecule has 158 valence electrons. The topological polar surface area (TPSA) is 75.6 Å². The average molecular weight is 412 g/mol. The molecule has 0 spiro atoms. The van der Waals surface area contributed by atoms with Gasteiger partial charge in [-0.15, -0.1) is 0 Å². The molecule has 7 nitrogen and oxygen atoms in total. The maximum Gasteiger partial charge on any atom is 0.411 e. The third-order valence-corrected chi connectivity index (χ3v) is 5.21. The summed E-state index contributed by atoms with van der Waals surface area (Å²) in [5.74, 6) is -0.0466. The largest absolute Gasteiger partial charge is 0.444 e. The zero-order valence-corrected chi connectivity index (χ0v) is 17.4. The number of nitrogens with zero attached hydrogens (tertiary/aromatic N) is 4. The monoisotopic (exact) mass is 412 g/mol. The van der Waals surface area contributed by atoms with E-state index in [9.17, 15) is 14.0 Å². The van der Waals surface area contributed by atoms with Gasteiger partial charge in [-0.3, -0.25) is 9.69 Å². The summed E-state index contributed by atoms with van der Waals surface area (Å²) < 4.78 is 18.8. The SMILES string of the molecule is CC(C)(C)OC(=O)N1Cc2nc(-c3ccc(F)cc3)ncc2C1C(=O)N1CCCC1. The Balaban J connectivity index is 1.69. The molecule has 1 aromatic carbocycles. The van der Waals surface area contributed by atoms with Gasteiger partial charge in [0.25, 0.3) is 0 Å². The first-order valence-electron chi connectivity index (χ1n) is 10.1. The van der Waals surface area contributed by atoms with Crippen molar-refractivity contribution >= 4 is 12.0 Å². The van der Waals surface area contributed by atoms with Crippen LogP contribution in [-0.2, 0) is 16.1 Å². The zero-order valence-electron chi connectivity index (χ0n) is 17.4. The number of ether oxygens (including phenoxy) is 1. The highest BCUT2D eigenvalue weighted by Gasteiger charge is 2.43. The number of rotatable bonds is 2. The van der Waals surface area contributed by atoms with E-state index < -0.39 is 17.7 Å². The molecule has 2 amide bonds. The molecular formula is C22H25FN4O3. The van der Waals surface area contributed by atoms with E-state index in [0.717, 1.165) is 12.8 Å². The van der Waals surface area contributed by atoms with Crippen LogP contribution in [0.4, 0.5) is 9.18 Å². The van der Waals surface area contributed by atoms with E-state index in [-0.39, 0.29) is 18.3 Å². The summed E-state index contributed by atoms with van der Waals surface area (Å²) in [5, 5.41) is 0. The van der Waals surface area contributed by atoms with Crippen LogP contribution in [0.25, 0.3) is 11.4 Å². The summed E-state index contributed by atoms with van der Waals surface area (Å²) in [5.41, 5.74) is 1.20. The molecule has 0 N–H and O–H groups in total. The van der Waals surface area contributed by atoms with Gasteiger partial charge in [-0.2, -0.15) is 0 Å². The van der Waals surface area contributed by atoms with E-state index >= 15 is 0 Å².